The fourth-order valence-corrected chi connectivity index (χ4v) is 5.90. The van der Waals surface area contributed by atoms with Crippen molar-refractivity contribution in [3.63, 3.8) is 0 Å². The first-order chi connectivity index (χ1) is 17.9. The van der Waals surface area contributed by atoms with Gasteiger partial charge in [-0.25, -0.2) is 4.98 Å². The number of thioether (sulfide) groups is 1. The van der Waals surface area contributed by atoms with Gasteiger partial charge >= 0.3 is 5.97 Å². The number of nitrogens with zero attached hydrogens (tertiary/aromatic N) is 3. The van der Waals surface area contributed by atoms with E-state index in [9.17, 15) is 14.4 Å². The number of hydrogen-bond acceptors (Lipinski definition) is 9. The molecule has 2 heterocycles. The second-order valence-corrected chi connectivity index (χ2v) is 10.5. The van der Waals surface area contributed by atoms with Gasteiger partial charge in [-0.1, -0.05) is 54.3 Å². The van der Waals surface area contributed by atoms with Crippen LogP contribution in [0.15, 0.2) is 58.5 Å². The van der Waals surface area contributed by atoms with Crippen molar-refractivity contribution in [3.8, 4) is 17.1 Å². The van der Waals surface area contributed by atoms with E-state index in [2.05, 4.69) is 6.92 Å². The number of thiazole rings is 1. The summed E-state index contributed by atoms with van der Waals surface area (Å²) >= 11 is 7.90. The van der Waals surface area contributed by atoms with E-state index in [-0.39, 0.29) is 35.3 Å². The van der Waals surface area contributed by atoms with Crippen LogP contribution >= 0.6 is 35.3 Å². The standard InChI is InChI=1S/C26H25N3O5S3/c1-4-16-10-12-17(13-11-16)28-23-22(37-26(28)35)24(32)29(19-8-6-7-9-20(19)33-3)25(27-23)36-15-18(30)14-21(31)34-5-2/h6-13H,4-5,14-15H2,1-3H3. The van der Waals surface area contributed by atoms with Crippen molar-refractivity contribution in [2.75, 3.05) is 19.5 Å². The molecule has 4 aromatic rings. The van der Waals surface area contributed by atoms with Crippen LogP contribution in [0, 0.1) is 3.95 Å². The Labute approximate surface area is 226 Å². The van der Waals surface area contributed by atoms with Crippen molar-refractivity contribution in [3.05, 3.63) is 68.4 Å². The molecule has 0 aliphatic heterocycles. The number of carbonyl (C=O) groups is 2. The number of aromatic nitrogens is 3. The van der Waals surface area contributed by atoms with E-state index in [4.69, 9.17) is 26.7 Å². The van der Waals surface area contributed by atoms with Crippen molar-refractivity contribution >= 4 is 57.4 Å². The van der Waals surface area contributed by atoms with Crippen LogP contribution in [0.4, 0.5) is 0 Å². The first-order valence-corrected chi connectivity index (χ1v) is 13.8. The van der Waals surface area contributed by atoms with Crippen LogP contribution in [0.2, 0.25) is 0 Å². The molecule has 2 aromatic heterocycles. The van der Waals surface area contributed by atoms with E-state index in [0.717, 1.165) is 23.9 Å². The van der Waals surface area contributed by atoms with E-state index >= 15 is 0 Å². The molecule has 0 unspecified atom stereocenters. The minimum atomic E-state index is -0.583. The van der Waals surface area contributed by atoms with Gasteiger partial charge in [0.1, 0.15) is 16.9 Å². The van der Waals surface area contributed by atoms with Gasteiger partial charge in [0.15, 0.2) is 20.5 Å². The molecule has 0 amide bonds. The molecule has 0 aliphatic rings. The molecule has 0 fully saturated rings. The zero-order valence-corrected chi connectivity index (χ0v) is 23.0. The summed E-state index contributed by atoms with van der Waals surface area (Å²) in [5, 5.41) is 0.283. The summed E-state index contributed by atoms with van der Waals surface area (Å²) < 4.78 is 14.4. The average molecular weight is 556 g/mol. The quantitative estimate of drug-likeness (QED) is 0.0872. The van der Waals surface area contributed by atoms with Gasteiger partial charge in [0.2, 0.25) is 0 Å². The molecule has 0 bridgehead atoms. The Morgan fingerprint density at radius 3 is 2.49 bits per heavy atom. The highest BCUT2D eigenvalue weighted by atomic mass is 32.2. The van der Waals surface area contributed by atoms with E-state index < -0.39 is 5.97 Å². The van der Waals surface area contributed by atoms with Crippen molar-refractivity contribution in [1.29, 1.82) is 0 Å². The molecule has 0 saturated carbocycles. The number of rotatable bonds is 10. The van der Waals surface area contributed by atoms with E-state index in [1.165, 1.54) is 28.6 Å². The van der Waals surface area contributed by atoms with Gasteiger partial charge in [0.25, 0.3) is 5.56 Å². The molecule has 192 valence electrons. The van der Waals surface area contributed by atoms with Crippen LogP contribution in [0.3, 0.4) is 0 Å². The largest absolute Gasteiger partial charge is 0.495 e. The van der Waals surface area contributed by atoms with Crippen LogP contribution in [0.25, 0.3) is 21.7 Å². The van der Waals surface area contributed by atoms with Gasteiger partial charge in [-0.2, -0.15) is 0 Å². The Morgan fingerprint density at radius 2 is 1.81 bits per heavy atom. The Kier molecular flexibility index (Phi) is 8.57. The van der Waals surface area contributed by atoms with Crippen LogP contribution in [0.5, 0.6) is 5.75 Å². The molecular weight excluding hydrogens is 531 g/mol. The highest BCUT2D eigenvalue weighted by Gasteiger charge is 2.22. The number of methoxy groups -OCH3 is 1. The number of carbonyl (C=O) groups excluding carboxylic acids is 2. The molecule has 8 nitrogen and oxygen atoms in total. The minimum absolute atomic E-state index is 0.0675. The Balaban J connectivity index is 1.87. The summed E-state index contributed by atoms with van der Waals surface area (Å²) in [5.41, 5.74) is 2.55. The van der Waals surface area contributed by atoms with Gasteiger partial charge in [-0.05, 0) is 55.4 Å². The fourth-order valence-electron chi connectivity index (χ4n) is 3.74. The van der Waals surface area contributed by atoms with Gasteiger partial charge < -0.3 is 9.47 Å². The third-order valence-corrected chi connectivity index (χ3v) is 7.86. The first kappa shape index (κ1) is 26.8. The molecule has 0 atom stereocenters. The number of benzene rings is 2. The molecule has 2 aromatic carbocycles. The predicted molar refractivity (Wildman–Crippen MR) is 148 cm³/mol. The van der Waals surface area contributed by atoms with Crippen LogP contribution in [0.1, 0.15) is 25.8 Å². The lowest BCUT2D eigenvalue weighted by molar-refractivity contribution is -0.145. The Bertz CT molecular complexity index is 1570. The molecule has 11 heteroatoms. The van der Waals surface area contributed by atoms with E-state index in [1.807, 2.05) is 24.3 Å². The topological polar surface area (TPSA) is 92.4 Å². The molecule has 37 heavy (non-hydrogen) atoms. The molecule has 0 saturated heterocycles. The Hall–Kier alpha value is -3.28. The lowest BCUT2D eigenvalue weighted by atomic mass is 10.1. The van der Waals surface area contributed by atoms with Crippen molar-refractivity contribution < 1.29 is 19.1 Å². The van der Waals surface area contributed by atoms with Crippen molar-refractivity contribution in [2.24, 2.45) is 0 Å². The summed E-state index contributed by atoms with van der Waals surface area (Å²) in [4.78, 5) is 42.9. The zero-order valence-electron chi connectivity index (χ0n) is 20.6. The highest BCUT2D eigenvalue weighted by Crippen LogP contribution is 2.30. The number of ether oxygens (including phenoxy) is 2. The van der Waals surface area contributed by atoms with Crippen molar-refractivity contribution in [1.82, 2.24) is 14.1 Å². The van der Waals surface area contributed by atoms with Gasteiger partial charge in [0.05, 0.1) is 25.2 Å². The average Bonchev–Trinajstić information content (AvgIpc) is 3.23. The first-order valence-electron chi connectivity index (χ1n) is 11.6. The number of Topliss-reactive ketones (excluding diaryl/α,β-unsaturated/α-hetero) is 1. The fraction of sp³-hybridized carbons (Fsp3) is 0.269. The third-order valence-electron chi connectivity index (χ3n) is 5.51. The number of esters is 1. The van der Waals surface area contributed by atoms with E-state index in [1.54, 1.807) is 35.8 Å². The molecule has 0 aliphatic carbocycles. The van der Waals surface area contributed by atoms with Gasteiger partial charge in [-0.3, -0.25) is 23.5 Å². The SMILES string of the molecule is CCOC(=O)CC(=O)CSc1nc2c(sc(=S)n2-c2ccc(CC)cc2)c(=O)n1-c1ccccc1OC. The highest BCUT2D eigenvalue weighted by molar-refractivity contribution is 7.99. The van der Waals surface area contributed by atoms with Crippen LogP contribution < -0.4 is 10.3 Å². The maximum Gasteiger partial charge on any atom is 0.313 e. The maximum atomic E-state index is 13.9. The third kappa shape index (κ3) is 5.68. The number of fused-ring (bicyclic) bond motifs is 1. The molecular formula is C26H25N3O5S3. The smallest absolute Gasteiger partial charge is 0.313 e. The maximum absolute atomic E-state index is 13.9. The summed E-state index contributed by atoms with van der Waals surface area (Å²) in [6.45, 7) is 3.96. The second kappa shape index (κ2) is 11.8. The number of hydrogen-bond donors (Lipinski definition) is 0. The predicted octanol–water partition coefficient (Wildman–Crippen LogP) is 5.15. The van der Waals surface area contributed by atoms with Crippen LogP contribution in [-0.2, 0) is 20.7 Å². The van der Waals surface area contributed by atoms with Gasteiger partial charge in [-0.15, -0.1) is 0 Å². The zero-order chi connectivity index (χ0) is 26.5. The lowest BCUT2D eigenvalue weighted by Crippen LogP contribution is -2.23. The summed E-state index contributed by atoms with van der Waals surface area (Å²) in [6, 6.07) is 15.0. The van der Waals surface area contributed by atoms with Crippen LogP contribution in [-0.4, -0.2) is 45.3 Å². The molecule has 0 spiro atoms. The lowest BCUT2D eigenvalue weighted by Gasteiger charge is -2.15. The summed E-state index contributed by atoms with van der Waals surface area (Å²) in [6.07, 6.45) is 0.555. The monoisotopic (exact) mass is 555 g/mol. The second-order valence-electron chi connectivity index (χ2n) is 7.89. The number of aryl methyl sites for hydroxylation is 1. The molecule has 0 N–H and O–H groups in total. The summed E-state index contributed by atoms with van der Waals surface area (Å²) in [5.74, 6) is -0.506. The Morgan fingerprint density at radius 1 is 1.08 bits per heavy atom. The van der Waals surface area contributed by atoms with Crippen molar-refractivity contribution in [2.45, 2.75) is 31.8 Å². The van der Waals surface area contributed by atoms with E-state index in [0.29, 0.717) is 25.7 Å². The number of para-hydroxylation sites is 2. The summed E-state index contributed by atoms with van der Waals surface area (Å²) in [7, 11) is 1.52. The van der Waals surface area contributed by atoms with Gasteiger partial charge in [0, 0.05) is 5.69 Å². The molecule has 4 rings (SSSR count). The number of ketones is 1. The normalized spacial score (nSPS) is 11.0. The minimum Gasteiger partial charge on any atom is -0.495 e. The molecule has 0 radical (unpaired) electrons.